The Kier molecular flexibility index (Phi) is 4.34. The minimum absolute atomic E-state index is 0.337. The first-order valence-electron chi connectivity index (χ1n) is 7.19. The third-order valence-corrected chi connectivity index (χ3v) is 6.12. The van der Waals surface area contributed by atoms with Crippen molar-refractivity contribution in [3.63, 3.8) is 0 Å². The molecule has 0 bridgehead atoms. The maximum absolute atomic E-state index is 12.1. The van der Waals surface area contributed by atoms with Crippen LogP contribution in [0, 0.1) is 11.3 Å². The van der Waals surface area contributed by atoms with Crippen LogP contribution in [-0.4, -0.2) is 33.3 Å². The van der Waals surface area contributed by atoms with E-state index < -0.39 is 10.0 Å². The molecule has 5 heteroatoms. The predicted molar refractivity (Wildman–Crippen MR) is 73.9 cm³/mol. The van der Waals surface area contributed by atoms with Gasteiger partial charge in [-0.1, -0.05) is 6.92 Å². The second-order valence-corrected chi connectivity index (χ2v) is 8.20. The number of hydrogen-bond acceptors (Lipinski definition) is 3. The molecule has 0 saturated heterocycles. The molecule has 0 amide bonds. The Morgan fingerprint density at radius 1 is 1.33 bits per heavy atom. The first-order chi connectivity index (χ1) is 8.50. The molecule has 1 atom stereocenters. The van der Waals surface area contributed by atoms with Crippen LogP contribution in [0.3, 0.4) is 0 Å². The van der Waals surface area contributed by atoms with Gasteiger partial charge in [0.15, 0.2) is 0 Å². The smallest absolute Gasteiger partial charge is 0.215 e. The fourth-order valence-electron chi connectivity index (χ4n) is 2.56. The summed E-state index contributed by atoms with van der Waals surface area (Å²) in [5.41, 5.74) is 0.337. The van der Waals surface area contributed by atoms with E-state index in [1.54, 1.807) is 6.92 Å². The highest BCUT2D eigenvalue weighted by Gasteiger charge is 2.53. The van der Waals surface area contributed by atoms with Gasteiger partial charge < -0.3 is 5.32 Å². The lowest BCUT2D eigenvalue weighted by Gasteiger charge is -2.18. The Bertz CT molecular complexity index is 372. The summed E-state index contributed by atoms with van der Waals surface area (Å²) in [5, 5.41) is 2.82. The van der Waals surface area contributed by atoms with Crippen molar-refractivity contribution in [2.45, 2.75) is 51.2 Å². The Morgan fingerprint density at radius 2 is 2.00 bits per heavy atom. The van der Waals surface area contributed by atoms with Crippen LogP contribution in [-0.2, 0) is 10.0 Å². The lowest BCUT2D eigenvalue weighted by Crippen LogP contribution is -2.41. The van der Waals surface area contributed by atoms with Gasteiger partial charge in [-0.15, -0.1) is 0 Å². The molecular weight excluding hydrogens is 248 g/mol. The molecule has 0 aromatic heterocycles. The Morgan fingerprint density at radius 3 is 2.50 bits per heavy atom. The molecule has 2 saturated carbocycles. The highest BCUT2D eigenvalue weighted by molar-refractivity contribution is 7.90. The van der Waals surface area contributed by atoms with Crippen molar-refractivity contribution in [3.05, 3.63) is 0 Å². The van der Waals surface area contributed by atoms with Crippen LogP contribution < -0.4 is 10.0 Å². The molecule has 0 aromatic rings. The van der Waals surface area contributed by atoms with Gasteiger partial charge in [0.2, 0.25) is 10.0 Å². The second-order valence-electron chi connectivity index (χ2n) is 6.02. The van der Waals surface area contributed by atoms with Gasteiger partial charge in [0, 0.05) is 13.1 Å². The highest BCUT2D eigenvalue weighted by atomic mass is 32.2. The summed E-state index contributed by atoms with van der Waals surface area (Å²) < 4.78 is 27.0. The van der Waals surface area contributed by atoms with Crippen molar-refractivity contribution in [2.75, 3.05) is 19.6 Å². The standard InChI is InChI=1S/C13H26N2O2S/c1-3-8-14-9-11(2)18(16,17)15-10-13(6-7-13)12-4-5-12/h11-12,14-15H,3-10H2,1-2H3. The number of sulfonamides is 1. The van der Waals surface area contributed by atoms with Crippen LogP contribution >= 0.6 is 0 Å². The second kappa shape index (κ2) is 5.47. The normalized spacial score (nSPS) is 23.9. The van der Waals surface area contributed by atoms with Gasteiger partial charge >= 0.3 is 0 Å². The van der Waals surface area contributed by atoms with Gasteiger partial charge in [-0.05, 0) is 56.9 Å². The zero-order valence-corrected chi connectivity index (χ0v) is 12.4. The SMILES string of the molecule is CCCNCC(C)S(=O)(=O)NCC1(C2CC2)CC1. The van der Waals surface area contributed by atoms with E-state index >= 15 is 0 Å². The lowest BCUT2D eigenvalue weighted by molar-refractivity contribution is 0.430. The average molecular weight is 274 g/mol. The minimum Gasteiger partial charge on any atom is -0.315 e. The Hall–Kier alpha value is -0.130. The van der Waals surface area contributed by atoms with Crippen LogP contribution in [0.1, 0.15) is 46.0 Å². The molecule has 0 heterocycles. The molecule has 2 aliphatic rings. The number of rotatable bonds is 9. The van der Waals surface area contributed by atoms with Crippen LogP contribution in [0.2, 0.25) is 0 Å². The van der Waals surface area contributed by atoms with E-state index in [0.717, 1.165) is 18.9 Å². The first kappa shape index (κ1) is 14.3. The van der Waals surface area contributed by atoms with Gasteiger partial charge in [0.05, 0.1) is 5.25 Å². The summed E-state index contributed by atoms with van der Waals surface area (Å²) >= 11 is 0. The molecule has 18 heavy (non-hydrogen) atoms. The van der Waals surface area contributed by atoms with E-state index in [9.17, 15) is 8.42 Å². The molecule has 2 aliphatic carbocycles. The summed E-state index contributed by atoms with van der Waals surface area (Å²) in [5.74, 6) is 0.800. The van der Waals surface area contributed by atoms with Gasteiger partial charge in [-0.2, -0.15) is 0 Å². The van der Waals surface area contributed by atoms with Crippen LogP contribution in [0.4, 0.5) is 0 Å². The average Bonchev–Trinajstić information content (AvgIpc) is 3.17. The summed E-state index contributed by atoms with van der Waals surface area (Å²) in [6.45, 7) is 5.95. The van der Waals surface area contributed by atoms with E-state index in [-0.39, 0.29) is 5.25 Å². The molecule has 2 rings (SSSR count). The zero-order chi connectivity index (χ0) is 13.2. The molecular formula is C13H26N2O2S. The van der Waals surface area contributed by atoms with Gasteiger partial charge in [0.25, 0.3) is 0 Å². The third-order valence-electron chi connectivity index (χ3n) is 4.35. The van der Waals surface area contributed by atoms with Gasteiger partial charge in [-0.25, -0.2) is 13.1 Å². The maximum Gasteiger partial charge on any atom is 0.215 e. The highest BCUT2D eigenvalue weighted by Crippen LogP contribution is 2.60. The lowest BCUT2D eigenvalue weighted by atomic mass is 10.0. The Labute approximate surface area is 111 Å². The van der Waals surface area contributed by atoms with E-state index in [2.05, 4.69) is 17.0 Å². The number of nitrogens with one attached hydrogen (secondary N) is 2. The predicted octanol–water partition coefficient (Wildman–Crippen LogP) is 1.48. The van der Waals surface area contributed by atoms with Crippen molar-refractivity contribution < 1.29 is 8.42 Å². The molecule has 1 unspecified atom stereocenters. The maximum atomic E-state index is 12.1. The summed E-state index contributed by atoms with van der Waals surface area (Å²) in [6.07, 6.45) is 6.06. The largest absolute Gasteiger partial charge is 0.315 e. The molecule has 0 radical (unpaired) electrons. The molecule has 0 aliphatic heterocycles. The van der Waals surface area contributed by atoms with Crippen molar-refractivity contribution in [1.82, 2.24) is 10.0 Å². The molecule has 0 aromatic carbocycles. The fourth-order valence-corrected chi connectivity index (χ4v) is 3.67. The summed E-state index contributed by atoms with van der Waals surface area (Å²) in [6, 6.07) is 0. The van der Waals surface area contributed by atoms with Crippen LogP contribution in [0.5, 0.6) is 0 Å². The summed E-state index contributed by atoms with van der Waals surface area (Å²) in [7, 11) is -3.15. The van der Waals surface area contributed by atoms with Crippen molar-refractivity contribution in [1.29, 1.82) is 0 Å². The van der Waals surface area contributed by atoms with E-state index in [0.29, 0.717) is 18.5 Å². The first-order valence-corrected chi connectivity index (χ1v) is 8.74. The zero-order valence-electron chi connectivity index (χ0n) is 11.5. The van der Waals surface area contributed by atoms with Crippen LogP contribution in [0.15, 0.2) is 0 Å². The van der Waals surface area contributed by atoms with E-state index in [1.807, 2.05) is 0 Å². The van der Waals surface area contributed by atoms with Crippen LogP contribution in [0.25, 0.3) is 0 Å². The third kappa shape index (κ3) is 3.45. The fraction of sp³-hybridized carbons (Fsp3) is 1.00. The Balaban J connectivity index is 1.76. The quantitative estimate of drug-likeness (QED) is 0.626. The minimum atomic E-state index is -3.15. The monoisotopic (exact) mass is 274 g/mol. The molecule has 0 spiro atoms. The topological polar surface area (TPSA) is 58.2 Å². The molecule has 4 nitrogen and oxygen atoms in total. The molecule has 2 N–H and O–H groups in total. The molecule has 2 fully saturated rings. The van der Waals surface area contributed by atoms with Gasteiger partial charge in [0.1, 0.15) is 0 Å². The van der Waals surface area contributed by atoms with Crippen molar-refractivity contribution in [3.8, 4) is 0 Å². The number of hydrogen-bond donors (Lipinski definition) is 2. The van der Waals surface area contributed by atoms with Crippen molar-refractivity contribution >= 4 is 10.0 Å². The summed E-state index contributed by atoms with van der Waals surface area (Å²) in [4.78, 5) is 0. The van der Waals surface area contributed by atoms with E-state index in [1.165, 1.54) is 25.7 Å². The van der Waals surface area contributed by atoms with E-state index in [4.69, 9.17) is 0 Å². The van der Waals surface area contributed by atoms with Crippen molar-refractivity contribution in [2.24, 2.45) is 11.3 Å². The molecule has 106 valence electrons. The van der Waals surface area contributed by atoms with Gasteiger partial charge in [-0.3, -0.25) is 0 Å².